The molecule has 31 heavy (non-hydrogen) atoms. The van der Waals surface area contributed by atoms with E-state index in [2.05, 4.69) is 11.6 Å². The Hall–Kier alpha value is -3.57. The molecule has 3 aromatic rings. The van der Waals surface area contributed by atoms with Crippen molar-refractivity contribution in [2.45, 2.75) is 13.0 Å². The van der Waals surface area contributed by atoms with Crippen LogP contribution in [-0.4, -0.2) is 23.0 Å². The number of hydrogen-bond donors (Lipinski definition) is 0. The second kappa shape index (κ2) is 9.49. The van der Waals surface area contributed by atoms with Gasteiger partial charge < -0.3 is 14.0 Å². The average molecular weight is 433 g/mol. The molecular formula is C25H21ClN2O3. The summed E-state index contributed by atoms with van der Waals surface area (Å²) >= 11 is 5.92. The van der Waals surface area contributed by atoms with Gasteiger partial charge in [-0.3, -0.25) is 0 Å². The highest BCUT2D eigenvalue weighted by molar-refractivity contribution is 6.30. The highest BCUT2D eigenvalue weighted by Crippen LogP contribution is 2.21. The molecule has 0 aliphatic carbocycles. The van der Waals surface area contributed by atoms with Crippen LogP contribution in [-0.2, 0) is 22.5 Å². The maximum Gasteiger partial charge on any atom is 0.363 e. The van der Waals surface area contributed by atoms with Crippen LogP contribution in [0.1, 0.15) is 16.8 Å². The van der Waals surface area contributed by atoms with E-state index in [0.29, 0.717) is 23.7 Å². The fraction of sp³-hybridized carbons (Fsp3) is 0.120. The maximum absolute atomic E-state index is 12.3. The van der Waals surface area contributed by atoms with Gasteiger partial charge in [-0.15, -0.1) is 6.58 Å². The highest BCUT2D eigenvalue weighted by atomic mass is 35.5. The van der Waals surface area contributed by atoms with E-state index in [4.69, 9.17) is 21.1 Å². The molecule has 0 bridgehead atoms. The first kappa shape index (κ1) is 20.7. The Bertz CT molecular complexity index is 1160. The lowest BCUT2D eigenvalue weighted by molar-refractivity contribution is -0.129. The van der Waals surface area contributed by atoms with E-state index < -0.39 is 5.97 Å². The van der Waals surface area contributed by atoms with Crippen molar-refractivity contribution in [2.24, 2.45) is 4.99 Å². The molecule has 1 aliphatic rings. The van der Waals surface area contributed by atoms with Crippen LogP contribution in [0.2, 0.25) is 5.02 Å². The zero-order valence-corrected chi connectivity index (χ0v) is 17.6. The molecule has 0 radical (unpaired) electrons. The quantitative estimate of drug-likeness (QED) is 0.276. The number of benzene rings is 2. The van der Waals surface area contributed by atoms with Crippen LogP contribution in [0.25, 0.3) is 6.08 Å². The van der Waals surface area contributed by atoms with Crippen molar-refractivity contribution in [1.82, 2.24) is 4.57 Å². The minimum Gasteiger partial charge on any atom is -0.491 e. The lowest BCUT2D eigenvalue weighted by atomic mass is 10.1. The Kier molecular flexibility index (Phi) is 6.34. The second-order valence-electron chi connectivity index (χ2n) is 6.92. The summed E-state index contributed by atoms with van der Waals surface area (Å²) < 4.78 is 13.3. The van der Waals surface area contributed by atoms with Gasteiger partial charge in [0.2, 0.25) is 5.90 Å². The third-order valence-corrected chi connectivity index (χ3v) is 5.04. The first-order chi connectivity index (χ1) is 15.1. The maximum atomic E-state index is 12.3. The molecule has 5 nitrogen and oxygen atoms in total. The van der Waals surface area contributed by atoms with Gasteiger partial charge in [-0.2, -0.15) is 0 Å². The molecule has 0 unspecified atom stereocenters. The summed E-state index contributed by atoms with van der Waals surface area (Å²) in [6.45, 7) is 4.90. The van der Waals surface area contributed by atoms with Gasteiger partial charge >= 0.3 is 5.97 Å². The Morgan fingerprint density at radius 3 is 2.71 bits per heavy atom. The number of cyclic esters (lactones) is 1. The van der Waals surface area contributed by atoms with Crippen molar-refractivity contribution in [1.29, 1.82) is 0 Å². The Morgan fingerprint density at radius 2 is 1.90 bits per heavy atom. The minimum absolute atomic E-state index is 0.252. The summed E-state index contributed by atoms with van der Waals surface area (Å²) in [5.41, 5.74) is 2.89. The van der Waals surface area contributed by atoms with Crippen LogP contribution in [0.4, 0.5) is 0 Å². The van der Waals surface area contributed by atoms with Gasteiger partial charge in [0.05, 0.1) is 6.54 Å². The van der Waals surface area contributed by atoms with E-state index in [9.17, 15) is 4.79 Å². The lowest BCUT2D eigenvalue weighted by Crippen LogP contribution is -2.10. The van der Waals surface area contributed by atoms with Gasteiger partial charge in [0.25, 0.3) is 0 Å². The van der Waals surface area contributed by atoms with Gasteiger partial charge in [-0.05, 0) is 60.5 Å². The Labute approximate surface area is 185 Å². The minimum atomic E-state index is -0.479. The van der Waals surface area contributed by atoms with E-state index >= 15 is 0 Å². The number of halogens is 1. The summed E-state index contributed by atoms with van der Waals surface area (Å²) in [5, 5.41) is 0.608. The van der Waals surface area contributed by atoms with Crippen molar-refractivity contribution in [2.75, 3.05) is 6.61 Å². The standard InChI is InChI=1S/C25H21ClN2O3/c1-2-6-18-7-3-4-9-23(18)30-16-15-28-14-5-8-21(28)17-22-25(29)31-24(27-22)19-10-12-20(26)13-11-19/h2-5,7-14,17H,1,6,15-16H2/b22-17+. The van der Waals surface area contributed by atoms with Gasteiger partial charge in [0.15, 0.2) is 5.70 Å². The summed E-state index contributed by atoms with van der Waals surface area (Å²) in [6, 6.07) is 18.8. The predicted octanol–water partition coefficient (Wildman–Crippen LogP) is 5.29. The highest BCUT2D eigenvalue weighted by Gasteiger charge is 2.24. The molecule has 0 saturated carbocycles. The largest absolute Gasteiger partial charge is 0.491 e. The monoisotopic (exact) mass is 432 g/mol. The third kappa shape index (κ3) is 4.95. The molecule has 1 aromatic heterocycles. The van der Waals surface area contributed by atoms with Crippen molar-refractivity contribution in [3.05, 3.63) is 107 Å². The van der Waals surface area contributed by atoms with E-state index in [-0.39, 0.29) is 11.6 Å². The normalized spacial score (nSPS) is 14.4. The van der Waals surface area contributed by atoms with Gasteiger partial charge in [0, 0.05) is 22.5 Å². The van der Waals surface area contributed by atoms with Crippen LogP contribution >= 0.6 is 11.6 Å². The number of para-hydroxylation sites is 1. The first-order valence-corrected chi connectivity index (χ1v) is 10.3. The van der Waals surface area contributed by atoms with Gasteiger partial charge in [0.1, 0.15) is 12.4 Å². The first-order valence-electron chi connectivity index (χ1n) is 9.89. The van der Waals surface area contributed by atoms with Crippen LogP contribution in [0.3, 0.4) is 0 Å². The molecule has 0 spiro atoms. The molecule has 1 aliphatic heterocycles. The van der Waals surface area contributed by atoms with E-state index in [1.807, 2.05) is 53.2 Å². The van der Waals surface area contributed by atoms with Crippen LogP contribution in [0.5, 0.6) is 5.75 Å². The number of esters is 1. The fourth-order valence-corrected chi connectivity index (χ4v) is 3.38. The number of rotatable bonds is 8. The summed E-state index contributed by atoms with van der Waals surface area (Å²) in [6.07, 6.45) is 6.28. The topological polar surface area (TPSA) is 52.8 Å². The zero-order chi connectivity index (χ0) is 21.6. The average Bonchev–Trinajstić information content (AvgIpc) is 3.37. The number of ether oxygens (including phenoxy) is 2. The molecule has 0 amide bonds. The summed E-state index contributed by atoms with van der Waals surface area (Å²) in [7, 11) is 0. The summed E-state index contributed by atoms with van der Waals surface area (Å²) in [5.74, 6) is 0.645. The molecule has 6 heteroatoms. The van der Waals surface area contributed by atoms with E-state index in [1.165, 1.54) is 0 Å². The Balaban J connectivity index is 1.46. The number of nitrogens with zero attached hydrogens (tertiary/aromatic N) is 2. The third-order valence-electron chi connectivity index (χ3n) is 4.79. The second-order valence-corrected chi connectivity index (χ2v) is 7.35. The molecule has 2 heterocycles. The molecule has 2 aromatic carbocycles. The predicted molar refractivity (Wildman–Crippen MR) is 122 cm³/mol. The fourth-order valence-electron chi connectivity index (χ4n) is 3.25. The number of aliphatic imine (C=N–C) groups is 1. The van der Waals surface area contributed by atoms with Crippen molar-refractivity contribution in [3.8, 4) is 5.75 Å². The van der Waals surface area contributed by atoms with Crippen LogP contribution < -0.4 is 4.74 Å². The Morgan fingerprint density at radius 1 is 1.10 bits per heavy atom. The number of hydrogen-bond acceptors (Lipinski definition) is 4. The van der Waals surface area contributed by atoms with Crippen molar-refractivity contribution >= 4 is 29.5 Å². The van der Waals surface area contributed by atoms with E-state index in [0.717, 1.165) is 23.4 Å². The molecule has 0 saturated heterocycles. The molecule has 0 N–H and O–H groups in total. The molecule has 0 fully saturated rings. The van der Waals surface area contributed by atoms with Gasteiger partial charge in [-0.1, -0.05) is 35.9 Å². The molecule has 4 rings (SSSR count). The SMILES string of the molecule is C=CCc1ccccc1OCCn1cccc1/C=C1/N=C(c2ccc(Cl)cc2)OC1=O. The number of aromatic nitrogens is 1. The molecular weight excluding hydrogens is 412 g/mol. The smallest absolute Gasteiger partial charge is 0.363 e. The van der Waals surface area contributed by atoms with Gasteiger partial charge in [-0.25, -0.2) is 9.79 Å². The molecule has 156 valence electrons. The molecule has 0 atom stereocenters. The van der Waals surface area contributed by atoms with Crippen molar-refractivity contribution in [3.63, 3.8) is 0 Å². The van der Waals surface area contributed by atoms with Crippen LogP contribution in [0, 0.1) is 0 Å². The van der Waals surface area contributed by atoms with E-state index in [1.54, 1.807) is 30.3 Å². The number of allylic oxidation sites excluding steroid dienone is 1. The number of carbonyl (C=O) groups excluding carboxylic acids is 1. The van der Waals surface area contributed by atoms with Crippen molar-refractivity contribution < 1.29 is 14.3 Å². The summed E-state index contributed by atoms with van der Waals surface area (Å²) in [4.78, 5) is 16.6. The number of carbonyl (C=O) groups is 1. The van der Waals surface area contributed by atoms with Crippen LogP contribution in [0.15, 0.2) is 90.2 Å². The lowest BCUT2D eigenvalue weighted by Gasteiger charge is -2.12. The zero-order valence-electron chi connectivity index (χ0n) is 16.8.